The van der Waals surface area contributed by atoms with Gasteiger partial charge in [0, 0.05) is 5.56 Å². The Morgan fingerprint density at radius 1 is 1.44 bits per heavy atom. The molecule has 94 valence electrons. The number of anilines is 1. The Morgan fingerprint density at radius 3 is 2.72 bits per heavy atom. The Kier molecular flexibility index (Phi) is 3.57. The van der Waals surface area contributed by atoms with Crippen LogP contribution in [0.1, 0.15) is 16.6 Å². The van der Waals surface area contributed by atoms with E-state index >= 15 is 0 Å². The maximum atomic E-state index is 12.9. The standard InChI is InChI=1S/C12H11FN2O2S/c1-2-17-11(16)10-9(15-12(14)18-10)7-3-5-8(13)6-4-7/h3-6H,2H2,1H3,(H2,14,15). The second kappa shape index (κ2) is 5.14. The zero-order valence-corrected chi connectivity index (χ0v) is 10.5. The van der Waals surface area contributed by atoms with E-state index < -0.39 is 5.97 Å². The molecular formula is C12H11FN2O2S. The average Bonchev–Trinajstić information content (AvgIpc) is 2.73. The van der Waals surface area contributed by atoms with Gasteiger partial charge in [-0.2, -0.15) is 0 Å². The van der Waals surface area contributed by atoms with Gasteiger partial charge in [0.1, 0.15) is 10.7 Å². The first-order valence-corrected chi connectivity index (χ1v) is 6.13. The molecule has 6 heteroatoms. The molecule has 0 unspecified atom stereocenters. The SMILES string of the molecule is CCOC(=O)c1sc(N)nc1-c1ccc(F)cc1. The molecule has 0 fully saturated rings. The molecule has 1 aromatic heterocycles. The third-order valence-corrected chi connectivity index (χ3v) is 3.09. The van der Waals surface area contributed by atoms with E-state index in [2.05, 4.69) is 4.98 Å². The van der Waals surface area contributed by atoms with Crippen molar-refractivity contribution < 1.29 is 13.9 Å². The number of thiazole rings is 1. The van der Waals surface area contributed by atoms with Gasteiger partial charge in [-0.1, -0.05) is 11.3 Å². The molecule has 18 heavy (non-hydrogen) atoms. The fourth-order valence-electron chi connectivity index (χ4n) is 1.48. The Labute approximate surface area is 107 Å². The molecule has 1 aromatic carbocycles. The van der Waals surface area contributed by atoms with Gasteiger partial charge in [-0.3, -0.25) is 0 Å². The van der Waals surface area contributed by atoms with E-state index in [1.165, 1.54) is 12.1 Å². The molecule has 0 atom stereocenters. The van der Waals surface area contributed by atoms with Gasteiger partial charge in [-0.25, -0.2) is 14.2 Å². The van der Waals surface area contributed by atoms with Crippen molar-refractivity contribution in [3.8, 4) is 11.3 Å². The quantitative estimate of drug-likeness (QED) is 0.867. The van der Waals surface area contributed by atoms with Gasteiger partial charge in [0.05, 0.1) is 12.3 Å². The number of aromatic nitrogens is 1. The number of carbonyl (C=O) groups excluding carboxylic acids is 1. The normalized spacial score (nSPS) is 10.3. The van der Waals surface area contributed by atoms with Crippen molar-refractivity contribution in [1.82, 2.24) is 4.98 Å². The van der Waals surface area contributed by atoms with E-state index in [4.69, 9.17) is 10.5 Å². The molecule has 0 spiro atoms. The highest BCUT2D eigenvalue weighted by Crippen LogP contribution is 2.30. The van der Waals surface area contributed by atoms with Crippen LogP contribution in [0, 0.1) is 5.82 Å². The predicted molar refractivity (Wildman–Crippen MR) is 67.9 cm³/mol. The van der Waals surface area contributed by atoms with Gasteiger partial charge in [0.2, 0.25) is 0 Å². The van der Waals surface area contributed by atoms with Crippen molar-refractivity contribution in [2.75, 3.05) is 12.3 Å². The van der Waals surface area contributed by atoms with Crippen LogP contribution >= 0.6 is 11.3 Å². The molecule has 0 aliphatic carbocycles. The molecule has 2 rings (SSSR count). The van der Waals surface area contributed by atoms with Crippen molar-refractivity contribution in [2.24, 2.45) is 0 Å². The van der Waals surface area contributed by atoms with E-state index in [1.807, 2.05) is 0 Å². The molecule has 0 aliphatic rings. The molecular weight excluding hydrogens is 255 g/mol. The minimum atomic E-state index is -0.467. The number of esters is 1. The Morgan fingerprint density at radius 2 is 2.11 bits per heavy atom. The summed E-state index contributed by atoms with van der Waals surface area (Å²) >= 11 is 1.06. The summed E-state index contributed by atoms with van der Waals surface area (Å²) in [6.45, 7) is 2.00. The number of nitrogens with zero attached hydrogens (tertiary/aromatic N) is 1. The first-order valence-electron chi connectivity index (χ1n) is 5.31. The van der Waals surface area contributed by atoms with Crippen molar-refractivity contribution in [2.45, 2.75) is 6.92 Å². The summed E-state index contributed by atoms with van der Waals surface area (Å²) in [4.78, 5) is 16.2. The van der Waals surface area contributed by atoms with Gasteiger partial charge in [-0.15, -0.1) is 0 Å². The number of hydrogen-bond donors (Lipinski definition) is 1. The van der Waals surface area contributed by atoms with Crippen LogP contribution in [-0.4, -0.2) is 17.6 Å². The lowest BCUT2D eigenvalue weighted by molar-refractivity contribution is 0.0532. The van der Waals surface area contributed by atoms with Crippen molar-refractivity contribution in [3.05, 3.63) is 35.0 Å². The summed E-state index contributed by atoms with van der Waals surface area (Å²) in [6.07, 6.45) is 0. The van der Waals surface area contributed by atoms with Crippen LogP contribution in [0.15, 0.2) is 24.3 Å². The summed E-state index contributed by atoms with van der Waals surface area (Å²) in [7, 11) is 0. The van der Waals surface area contributed by atoms with Crippen LogP contribution in [-0.2, 0) is 4.74 Å². The molecule has 0 bridgehead atoms. The maximum Gasteiger partial charge on any atom is 0.350 e. The molecule has 4 nitrogen and oxygen atoms in total. The average molecular weight is 266 g/mol. The van der Waals surface area contributed by atoms with Crippen LogP contribution in [0.4, 0.5) is 9.52 Å². The van der Waals surface area contributed by atoms with Gasteiger partial charge >= 0.3 is 5.97 Å². The fraction of sp³-hybridized carbons (Fsp3) is 0.167. The third-order valence-electron chi connectivity index (χ3n) is 2.22. The number of nitrogen functional groups attached to an aromatic ring is 1. The minimum Gasteiger partial charge on any atom is -0.462 e. The van der Waals surface area contributed by atoms with Gasteiger partial charge in [-0.05, 0) is 31.2 Å². The van der Waals surface area contributed by atoms with E-state index in [9.17, 15) is 9.18 Å². The highest BCUT2D eigenvalue weighted by molar-refractivity contribution is 7.17. The number of nitrogens with two attached hydrogens (primary N) is 1. The van der Waals surface area contributed by atoms with Crippen molar-refractivity contribution in [1.29, 1.82) is 0 Å². The highest BCUT2D eigenvalue weighted by Gasteiger charge is 2.19. The van der Waals surface area contributed by atoms with Gasteiger partial charge in [0.25, 0.3) is 0 Å². The zero-order chi connectivity index (χ0) is 13.1. The van der Waals surface area contributed by atoms with Crippen LogP contribution in [0.2, 0.25) is 0 Å². The zero-order valence-electron chi connectivity index (χ0n) is 9.64. The maximum absolute atomic E-state index is 12.9. The minimum absolute atomic E-state index is 0.275. The Bertz CT molecular complexity index is 566. The molecule has 2 N–H and O–H groups in total. The molecule has 2 aromatic rings. The van der Waals surface area contributed by atoms with E-state index in [0.717, 1.165) is 11.3 Å². The molecule has 1 heterocycles. The first kappa shape index (κ1) is 12.5. The van der Waals surface area contributed by atoms with Crippen LogP contribution in [0.25, 0.3) is 11.3 Å². The van der Waals surface area contributed by atoms with Gasteiger partial charge in [0.15, 0.2) is 5.13 Å². The monoisotopic (exact) mass is 266 g/mol. The Balaban J connectivity index is 2.44. The number of halogens is 1. The van der Waals surface area contributed by atoms with Gasteiger partial charge < -0.3 is 10.5 Å². The number of hydrogen-bond acceptors (Lipinski definition) is 5. The summed E-state index contributed by atoms with van der Waals surface area (Å²) in [5.41, 5.74) is 6.66. The smallest absolute Gasteiger partial charge is 0.350 e. The number of rotatable bonds is 3. The van der Waals surface area contributed by atoms with E-state index in [-0.39, 0.29) is 17.6 Å². The number of carbonyl (C=O) groups is 1. The van der Waals surface area contributed by atoms with Crippen LogP contribution in [0.3, 0.4) is 0 Å². The van der Waals surface area contributed by atoms with Crippen molar-refractivity contribution in [3.63, 3.8) is 0 Å². The molecule has 0 saturated heterocycles. The fourth-order valence-corrected chi connectivity index (χ4v) is 2.22. The van der Waals surface area contributed by atoms with E-state index in [0.29, 0.717) is 16.1 Å². The molecule has 0 amide bonds. The molecule has 0 radical (unpaired) electrons. The van der Waals surface area contributed by atoms with Crippen LogP contribution < -0.4 is 5.73 Å². The second-order valence-corrected chi connectivity index (χ2v) is 4.49. The van der Waals surface area contributed by atoms with Crippen molar-refractivity contribution >= 4 is 22.4 Å². The highest BCUT2D eigenvalue weighted by atomic mass is 32.1. The van der Waals surface area contributed by atoms with E-state index in [1.54, 1.807) is 19.1 Å². The number of ether oxygens (including phenoxy) is 1. The Hall–Kier alpha value is -1.95. The lowest BCUT2D eigenvalue weighted by Crippen LogP contribution is -2.03. The lowest BCUT2D eigenvalue weighted by Gasteiger charge is -2.02. The predicted octanol–water partition coefficient (Wildman–Crippen LogP) is 2.71. The van der Waals surface area contributed by atoms with Crippen LogP contribution in [0.5, 0.6) is 0 Å². The third kappa shape index (κ3) is 2.48. The first-order chi connectivity index (χ1) is 8.61. The summed E-state index contributed by atoms with van der Waals surface area (Å²) < 4.78 is 17.8. The lowest BCUT2D eigenvalue weighted by atomic mass is 10.1. The largest absolute Gasteiger partial charge is 0.462 e. The number of benzene rings is 1. The summed E-state index contributed by atoms with van der Waals surface area (Å²) in [5.74, 6) is -0.814. The molecule has 0 aliphatic heterocycles. The second-order valence-electron chi connectivity index (χ2n) is 3.46. The summed E-state index contributed by atoms with van der Waals surface area (Å²) in [5, 5.41) is 0.275. The summed E-state index contributed by atoms with van der Waals surface area (Å²) in [6, 6.07) is 5.71. The topological polar surface area (TPSA) is 65.2 Å². The molecule has 0 saturated carbocycles.